The third kappa shape index (κ3) is 6.33. The van der Waals surface area contributed by atoms with Crippen molar-refractivity contribution in [1.29, 1.82) is 0 Å². The van der Waals surface area contributed by atoms with Crippen LogP contribution < -0.4 is 5.73 Å². The number of allylic oxidation sites excluding steroid dienone is 1. The Morgan fingerprint density at radius 1 is 1.23 bits per heavy atom. The Hall–Kier alpha value is -3.79. The number of nitrogens with two attached hydrogens (primary N) is 1. The SMILES string of the molecule is Cc1c(F)cc(/C=C/C(=O)/C(=C/C(=O)N2CCOC[C@H]2N)OCc2ccncc2)c2c1CSc1ccccc1C2. The van der Waals surface area contributed by atoms with Crippen LogP contribution in [-0.2, 0) is 37.8 Å². The molecule has 0 aliphatic carbocycles. The lowest BCUT2D eigenvalue weighted by Gasteiger charge is -2.32. The number of ether oxygens (including phenoxy) is 2. The molecule has 9 heteroatoms. The Labute approximate surface area is 236 Å². The minimum Gasteiger partial charge on any atom is -0.485 e. The molecule has 1 atom stereocenters. The number of ketones is 1. The van der Waals surface area contributed by atoms with Gasteiger partial charge in [0.25, 0.3) is 5.91 Å². The number of fused-ring (bicyclic) bond motifs is 2. The third-order valence-electron chi connectivity index (χ3n) is 7.02. The summed E-state index contributed by atoms with van der Waals surface area (Å²) in [6.07, 6.45) is 7.36. The maximum atomic E-state index is 15.0. The van der Waals surface area contributed by atoms with Crippen molar-refractivity contribution in [3.8, 4) is 0 Å². The summed E-state index contributed by atoms with van der Waals surface area (Å²) in [5, 5.41) is 0. The Bertz CT molecular complexity index is 1470. The summed E-state index contributed by atoms with van der Waals surface area (Å²) in [6.45, 7) is 2.75. The van der Waals surface area contributed by atoms with E-state index in [-0.39, 0.29) is 24.8 Å². The molecule has 0 unspecified atom stereocenters. The van der Waals surface area contributed by atoms with E-state index in [1.165, 1.54) is 28.0 Å². The number of amides is 1. The lowest BCUT2D eigenvalue weighted by Crippen LogP contribution is -2.53. The van der Waals surface area contributed by atoms with Crippen molar-refractivity contribution in [2.24, 2.45) is 5.73 Å². The molecule has 7 nitrogen and oxygen atoms in total. The highest BCUT2D eigenvalue weighted by molar-refractivity contribution is 7.98. The van der Waals surface area contributed by atoms with Gasteiger partial charge in [-0.05, 0) is 77.1 Å². The van der Waals surface area contributed by atoms with Crippen LogP contribution in [0.15, 0.2) is 77.7 Å². The molecule has 0 saturated carbocycles. The van der Waals surface area contributed by atoms with Crippen LogP contribution in [0.4, 0.5) is 4.39 Å². The fourth-order valence-corrected chi connectivity index (χ4v) is 5.91. The second-order valence-corrected chi connectivity index (χ2v) is 10.6. The van der Waals surface area contributed by atoms with Crippen LogP contribution in [0.1, 0.15) is 33.4 Å². The van der Waals surface area contributed by atoms with Crippen LogP contribution in [0.5, 0.6) is 0 Å². The number of nitrogens with zero attached hydrogens (tertiary/aromatic N) is 2. The van der Waals surface area contributed by atoms with Gasteiger partial charge in [-0.3, -0.25) is 14.6 Å². The van der Waals surface area contributed by atoms with E-state index in [1.54, 1.807) is 49.3 Å². The van der Waals surface area contributed by atoms with E-state index in [2.05, 4.69) is 17.1 Å². The average molecular weight is 560 g/mol. The Morgan fingerprint density at radius 2 is 2.02 bits per heavy atom. The molecule has 2 aromatic carbocycles. The first-order chi connectivity index (χ1) is 19.4. The van der Waals surface area contributed by atoms with Gasteiger partial charge in [0.15, 0.2) is 5.76 Å². The quantitative estimate of drug-likeness (QED) is 0.335. The van der Waals surface area contributed by atoms with E-state index in [0.29, 0.717) is 36.5 Å². The summed E-state index contributed by atoms with van der Waals surface area (Å²) in [4.78, 5) is 33.0. The van der Waals surface area contributed by atoms with Crippen LogP contribution in [0.3, 0.4) is 0 Å². The fraction of sp³-hybridized carbons (Fsp3) is 0.258. The highest BCUT2D eigenvalue weighted by Gasteiger charge is 2.25. The highest BCUT2D eigenvalue weighted by Crippen LogP contribution is 2.37. The van der Waals surface area contributed by atoms with E-state index >= 15 is 0 Å². The molecule has 0 spiro atoms. The zero-order valence-corrected chi connectivity index (χ0v) is 23.0. The first-order valence-electron chi connectivity index (χ1n) is 13.0. The first-order valence-corrected chi connectivity index (χ1v) is 14.0. The molecule has 0 bridgehead atoms. The van der Waals surface area contributed by atoms with Crippen LogP contribution in [0.2, 0.25) is 0 Å². The third-order valence-corrected chi connectivity index (χ3v) is 8.16. The summed E-state index contributed by atoms with van der Waals surface area (Å²) in [6, 6.07) is 13.1. The predicted octanol–water partition coefficient (Wildman–Crippen LogP) is 4.55. The number of morpholine rings is 1. The molecule has 1 saturated heterocycles. The second kappa shape index (κ2) is 12.6. The molecule has 5 rings (SSSR count). The lowest BCUT2D eigenvalue weighted by atomic mass is 9.91. The molecule has 2 aliphatic heterocycles. The van der Waals surface area contributed by atoms with E-state index in [0.717, 1.165) is 22.3 Å². The van der Waals surface area contributed by atoms with Gasteiger partial charge < -0.3 is 20.1 Å². The van der Waals surface area contributed by atoms with Crippen LogP contribution in [-0.4, -0.2) is 47.5 Å². The Balaban J connectivity index is 1.44. The summed E-state index contributed by atoms with van der Waals surface area (Å²) in [5.74, 6) is -0.761. The van der Waals surface area contributed by atoms with Crippen LogP contribution in [0.25, 0.3) is 6.08 Å². The van der Waals surface area contributed by atoms with E-state index < -0.39 is 17.9 Å². The zero-order chi connectivity index (χ0) is 28.1. The number of rotatable bonds is 7. The maximum absolute atomic E-state index is 15.0. The molecule has 3 aromatic rings. The van der Waals surface area contributed by atoms with Gasteiger partial charge in [-0.15, -0.1) is 11.8 Å². The number of pyridine rings is 1. The second-order valence-electron chi connectivity index (χ2n) is 9.63. The number of carbonyl (C=O) groups is 2. The van der Waals surface area contributed by atoms with Gasteiger partial charge in [0.2, 0.25) is 5.78 Å². The molecule has 3 heterocycles. The number of hydrogen-bond acceptors (Lipinski definition) is 7. The molecule has 1 aromatic heterocycles. The lowest BCUT2D eigenvalue weighted by molar-refractivity contribution is -0.134. The van der Waals surface area contributed by atoms with Crippen molar-refractivity contribution >= 4 is 29.5 Å². The fourth-order valence-electron chi connectivity index (χ4n) is 4.72. The van der Waals surface area contributed by atoms with Gasteiger partial charge in [-0.2, -0.15) is 0 Å². The van der Waals surface area contributed by atoms with E-state index in [9.17, 15) is 14.0 Å². The molecular formula is C31H30FN3O4S. The van der Waals surface area contributed by atoms with Crippen molar-refractivity contribution in [3.05, 3.63) is 112 Å². The Kier molecular flexibility index (Phi) is 8.74. The number of aromatic nitrogens is 1. The number of halogens is 1. The average Bonchev–Trinajstić information content (AvgIpc) is 3.17. The molecule has 1 fully saturated rings. The monoisotopic (exact) mass is 559 g/mol. The van der Waals surface area contributed by atoms with Crippen LogP contribution >= 0.6 is 11.8 Å². The van der Waals surface area contributed by atoms with Crippen molar-refractivity contribution in [3.63, 3.8) is 0 Å². The minimum absolute atomic E-state index is 0.0684. The van der Waals surface area contributed by atoms with E-state index in [4.69, 9.17) is 15.2 Å². The highest BCUT2D eigenvalue weighted by atomic mass is 32.2. The number of thioether (sulfide) groups is 1. The molecule has 206 valence electrons. The van der Waals surface area contributed by atoms with Crippen molar-refractivity contribution < 1.29 is 23.5 Å². The van der Waals surface area contributed by atoms with Crippen LogP contribution in [0, 0.1) is 12.7 Å². The standard InChI is InChI=1S/C31H30FN3O4S/c1-20-25-19-40-29-5-3-2-4-23(29)14-24(25)22(15-26(20)32)6-7-27(36)28(39-17-21-8-10-34-11-9-21)16-31(37)35-12-13-38-18-30(35)33/h2-11,15-16,30H,12-14,17-19,33H2,1H3/b7-6+,28-16-/t30-/m0/s1. The molecule has 2 aliphatic rings. The minimum atomic E-state index is -0.615. The maximum Gasteiger partial charge on any atom is 0.251 e. The first kappa shape index (κ1) is 27.8. The summed E-state index contributed by atoms with van der Waals surface area (Å²) >= 11 is 1.69. The van der Waals surface area contributed by atoms with Gasteiger partial charge in [0.05, 0.1) is 13.2 Å². The molecule has 40 heavy (non-hydrogen) atoms. The summed E-state index contributed by atoms with van der Waals surface area (Å²) < 4.78 is 26.1. The van der Waals surface area contributed by atoms with Gasteiger partial charge in [0.1, 0.15) is 18.6 Å². The van der Waals surface area contributed by atoms with Gasteiger partial charge in [-0.25, -0.2) is 4.39 Å². The molecule has 1 amide bonds. The zero-order valence-electron chi connectivity index (χ0n) is 22.1. The van der Waals surface area contributed by atoms with Gasteiger partial charge in [-0.1, -0.05) is 24.3 Å². The summed E-state index contributed by atoms with van der Waals surface area (Å²) in [7, 11) is 0. The number of benzene rings is 2. The van der Waals surface area contributed by atoms with Crippen molar-refractivity contribution in [1.82, 2.24) is 9.88 Å². The topological polar surface area (TPSA) is 94.8 Å². The van der Waals surface area contributed by atoms with Crippen molar-refractivity contribution in [2.75, 3.05) is 19.8 Å². The Morgan fingerprint density at radius 3 is 2.83 bits per heavy atom. The number of carbonyl (C=O) groups excluding carboxylic acids is 2. The van der Waals surface area contributed by atoms with Crippen molar-refractivity contribution in [2.45, 2.75) is 36.8 Å². The largest absolute Gasteiger partial charge is 0.485 e. The number of hydrogen-bond donors (Lipinski definition) is 1. The molecule has 2 N–H and O–H groups in total. The normalized spacial score (nSPS) is 17.2. The molecule has 0 radical (unpaired) electrons. The summed E-state index contributed by atoms with van der Waals surface area (Å²) in [5.41, 5.74) is 11.1. The van der Waals surface area contributed by atoms with E-state index in [1.807, 2.05) is 12.1 Å². The van der Waals surface area contributed by atoms with Gasteiger partial charge in [0, 0.05) is 35.7 Å². The van der Waals surface area contributed by atoms with Gasteiger partial charge >= 0.3 is 0 Å². The molecular weight excluding hydrogens is 529 g/mol. The smallest absolute Gasteiger partial charge is 0.251 e. The predicted molar refractivity (Wildman–Crippen MR) is 152 cm³/mol.